The fourth-order valence-corrected chi connectivity index (χ4v) is 2.80. The van der Waals surface area contributed by atoms with Gasteiger partial charge in [0.1, 0.15) is 17.7 Å². The zero-order valence-electron chi connectivity index (χ0n) is 11.0. The largest absolute Gasteiger partial charge is 0.496 e. The van der Waals surface area contributed by atoms with Crippen LogP contribution in [0, 0.1) is 12.7 Å². The second-order valence-electron chi connectivity index (χ2n) is 4.44. The van der Waals surface area contributed by atoms with Crippen molar-refractivity contribution in [3.05, 3.63) is 61.8 Å². The van der Waals surface area contributed by atoms with Crippen molar-refractivity contribution in [2.75, 3.05) is 7.11 Å². The molecule has 1 unspecified atom stereocenters. The van der Waals surface area contributed by atoms with Crippen LogP contribution in [0.4, 0.5) is 4.39 Å². The first-order chi connectivity index (χ1) is 9.43. The third-order valence-electron chi connectivity index (χ3n) is 3.01. The average molecular weight is 404 g/mol. The van der Waals surface area contributed by atoms with Crippen molar-refractivity contribution in [1.29, 1.82) is 0 Å². The van der Waals surface area contributed by atoms with Gasteiger partial charge in [0, 0.05) is 16.1 Å². The summed E-state index contributed by atoms with van der Waals surface area (Å²) in [5.41, 5.74) is 2.25. The first-order valence-electron chi connectivity index (χ1n) is 5.91. The molecule has 0 bridgehead atoms. The minimum atomic E-state index is -0.906. The highest BCUT2D eigenvalue weighted by Crippen LogP contribution is 2.36. The van der Waals surface area contributed by atoms with Crippen LogP contribution in [-0.4, -0.2) is 12.2 Å². The van der Waals surface area contributed by atoms with E-state index in [1.165, 1.54) is 19.2 Å². The molecule has 2 rings (SSSR count). The zero-order chi connectivity index (χ0) is 14.9. The van der Waals surface area contributed by atoms with Crippen molar-refractivity contribution in [2.24, 2.45) is 0 Å². The molecule has 0 saturated carbocycles. The molecule has 0 aromatic heterocycles. The van der Waals surface area contributed by atoms with E-state index in [9.17, 15) is 9.50 Å². The summed E-state index contributed by atoms with van der Waals surface area (Å²) in [6, 6.07) is 8.49. The predicted molar refractivity (Wildman–Crippen MR) is 83.6 cm³/mol. The molecule has 0 heterocycles. The quantitative estimate of drug-likeness (QED) is 0.801. The van der Waals surface area contributed by atoms with Crippen LogP contribution < -0.4 is 4.74 Å². The molecule has 0 radical (unpaired) electrons. The van der Waals surface area contributed by atoms with Crippen molar-refractivity contribution in [2.45, 2.75) is 13.0 Å². The fourth-order valence-electron chi connectivity index (χ4n) is 1.97. The van der Waals surface area contributed by atoms with E-state index in [1.807, 2.05) is 25.1 Å². The minimum Gasteiger partial charge on any atom is -0.496 e. The number of halogens is 3. The summed E-state index contributed by atoms with van der Waals surface area (Å²) >= 11 is 6.55. The normalized spacial score (nSPS) is 12.3. The second-order valence-corrected chi connectivity index (χ2v) is 6.14. The van der Waals surface area contributed by atoms with E-state index in [-0.39, 0.29) is 4.47 Å². The number of ether oxygens (including phenoxy) is 1. The SMILES string of the molecule is COc1cc(F)c(Br)cc1C(O)c1cc(C)ccc1Br. The summed E-state index contributed by atoms with van der Waals surface area (Å²) < 4.78 is 19.8. The first-order valence-corrected chi connectivity index (χ1v) is 7.49. The molecule has 2 aromatic carbocycles. The van der Waals surface area contributed by atoms with E-state index < -0.39 is 11.9 Å². The maximum Gasteiger partial charge on any atom is 0.141 e. The van der Waals surface area contributed by atoms with Gasteiger partial charge in [0.2, 0.25) is 0 Å². The van der Waals surface area contributed by atoms with Gasteiger partial charge in [0.15, 0.2) is 0 Å². The lowest BCUT2D eigenvalue weighted by molar-refractivity contribution is 0.213. The van der Waals surface area contributed by atoms with E-state index in [0.29, 0.717) is 16.9 Å². The Bertz CT molecular complexity index is 644. The van der Waals surface area contributed by atoms with E-state index >= 15 is 0 Å². The topological polar surface area (TPSA) is 29.5 Å². The Morgan fingerprint density at radius 3 is 2.45 bits per heavy atom. The average Bonchev–Trinajstić information content (AvgIpc) is 2.43. The van der Waals surface area contributed by atoms with E-state index in [2.05, 4.69) is 31.9 Å². The van der Waals surface area contributed by atoms with Gasteiger partial charge in [-0.2, -0.15) is 0 Å². The Kier molecular flexibility index (Phi) is 4.83. The number of benzene rings is 2. The molecule has 0 saturated heterocycles. The van der Waals surface area contributed by atoms with Crippen molar-refractivity contribution < 1.29 is 14.2 Å². The third-order valence-corrected chi connectivity index (χ3v) is 4.34. The highest BCUT2D eigenvalue weighted by molar-refractivity contribution is 9.10. The lowest BCUT2D eigenvalue weighted by atomic mass is 9.99. The first kappa shape index (κ1) is 15.5. The number of methoxy groups -OCH3 is 1. The Balaban J connectivity index is 2.55. The molecular formula is C15H13Br2FO2. The van der Waals surface area contributed by atoms with Crippen molar-refractivity contribution in [3.8, 4) is 5.75 Å². The molecule has 1 atom stereocenters. The minimum absolute atomic E-state index is 0.288. The van der Waals surface area contributed by atoms with E-state index in [0.717, 1.165) is 10.0 Å². The predicted octanol–water partition coefficient (Wildman–Crippen LogP) is 4.75. The molecular weight excluding hydrogens is 391 g/mol. The van der Waals surface area contributed by atoms with Gasteiger partial charge in [-0.15, -0.1) is 0 Å². The summed E-state index contributed by atoms with van der Waals surface area (Å²) in [6.45, 7) is 1.94. The van der Waals surface area contributed by atoms with Gasteiger partial charge >= 0.3 is 0 Å². The molecule has 1 N–H and O–H groups in total. The Morgan fingerprint density at radius 1 is 1.10 bits per heavy atom. The Hall–Kier alpha value is -0.910. The summed E-state index contributed by atoms with van der Waals surface area (Å²) in [6.07, 6.45) is -0.906. The maximum atomic E-state index is 13.5. The van der Waals surface area contributed by atoms with Gasteiger partial charge in [-0.25, -0.2) is 4.39 Å². The van der Waals surface area contributed by atoms with Crippen LogP contribution in [0.3, 0.4) is 0 Å². The number of hydrogen-bond donors (Lipinski definition) is 1. The van der Waals surface area contributed by atoms with Crippen LogP contribution in [0.25, 0.3) is 0 Å². The highest BCUT2D eigenvalue weighted by atomic mass is 79.9. The van der Waals surface area contributed by atoms with Crippen molar-refractivity contribution in [3.63, 3.8) is 0 Å². The highest BCUT2D eigenvalue weighted by Gasteiger charge is 2.20. The number of hydrogen-bond acceptors (Lipinski definition) is 2. The zero-order valence-corrected chi connectivity index (χ0v) is 14.1. The van der Waals surface area contributed by atoms with Crippen LogP contribution in [0.1, 0.15) is 22.8 Å². The van der Waals surface area contributed by atoms with Crippen LogP contribution in [0.2, 0.25) is 0 Å². The molecule has 2 aromatic rings. The molecule has 0 aliphatic carbocycles. The molecule has 0 fully saturated rings. The number of aliphatic hydroxyl groups excluding tert-OH is 1. The maximum absolute atomic E-state index is 13.5. The molecule has 0 aliphatic heterocycles. The van der Waals surface area contributed by atoms with Gasteiger partial charge in [-0.1, -0.05) is 33.6 Å². The molecule has 0 aliphatic rings. The van der Waals surface area contributed by atoms with E-state index in [4.69, 9.17) is 4.74 Å². The van der Waals surface area contributed by atoms with Crippen molar-refractivity contribution in [1.82, 2.24) is 0 Å². The van der Waals surface area contributed by atoms with Gasteiger partial charge < -0.3 is 9.84 Å². The third kappa shape index (κ3) is 3.05. The summed E-state index contributed by atoms with van der Waals surface area (Å²) in [4.78, 5) is 0. The summed E-state index contributed by atoms with van der Waals surface area (Å²) in [5, 5.41) is 10.6. The van der Waals surface area contributed by atoms with E-state index in [1.54, 1.807) is 0 Å². The van der Waals surface area contributed by atoms with Crippen LogP contribution in [0.5, 0.6) is 5.75 Å². The van der Waals surface area contributed by atoms with Gasteiger partial charge in [0.05, 0.1) is 11.6 Å². The van der Waals surface area contributed by atoms with Crippen LogP contribution in [-0.2, 0) is 0 Å². The lowest BCUT2D eigenvalue weighted by Gasteiger charge is -2.17. The van der Waals surface area contributed by atoms with Gasteiger partial charge in [-0.05, 0) is 40.5 Å². The Labute approximate surface area is 133 Å². The number of rotatable bonds is 3. The molecule has 106 valence electrons. The smallest absolute Gasteiger partial charge is 0.141 e. The molecule has 0 amide bonds. The molecule has 0 spiro atoms. The monoisotopic (exact) mass is 402 g/mol. The number of aliphatic hydroxyl groups is 1. The number of aryl methyl sites for hydroxylation is 1. The molecule has 5 heteroatoms. The lowest BCUT2D eigenvalue weighted by Crippen LogP contribution is -2.04. The van der Waals surface area contributed by atoms with Gasteiger partial charge in [-0.3, -0.25) is 0 Å². The fraction of sp³-hybridized carbons (Fsp3) is 0.200. The molecule has 20 heavy (non-hydrogen) atoms. The standard InChI is InChI=1S/C15H13Br2FO2/c1-8-3-4-11(16)9(5-8)15(19)10-6-12(17)13(18)7-14(10)20-2/h3-7,15,19H,1-2H3. The van der Waals surface area contributed by atoms with Crippen LogP contribution in [0.15, 0.2) is 39.3 Å². The van der Waals surface area contributed by atoms with Crippen LogP contribution >= 0.6 is 31.9 Å². The molecule has 2 nitrogen and oxygen atoms in total. The summed E-state index contributed by atoms with van der Waals surface area (Å²) in [5.74, 6) is -0.118. The second kappa shape index (κ2) is 6.24. The van der Waals surface area contributed by atoms with Gasteiger partial charge in [0.25, 0.3) is 0 Å². The Morgan fingerprint density at radius 2 is 1.80 bits per heavy atom. The van der Waals surface area contributed by atoms with Crippen molar-refractivity contribution >= 4 is 31.9 Å². The summed E-state index contributed by atoms with van der Waals surface area (Å²) in [7, 11) is 1.45.